The Morgan fingerprint density at radius 1 is 1.00 bits per heavy atom. The van der Waals surface area contributed by atoms with Crippen LogP contribution in [0, 0.1) is 27.7 Å². The van der Waals surface area contributed by atoms with Crippen molar-refractivity contribution in [3.63, 3.8) is 0 Å². The van der Waals surface area contributed by atoms with E-state index in [1.165, 1.54) is 4.57 Å². The molecule has 0 saturated carbocycles. The van der Waals surface area contributed by atoms with Crippen molar-refractivity contribution >= 4 is 22.6 Å². The highest BCUT2D eigenvalue weighted by molar-refractivity contribution is 5.98. The highest BCUT2D eigenvalue weighted by atomic mass is 16.2. The van der Waals surface area contributed by atoms with E-state index in [0.29, 0.717) is 5.65 Å². The number of aryl methyl sites for hydroxylation is 5. The Bertz CT molecular complexity index is 1370. The fraction of sp³-hybridized carbons (Fsp3) is 0.269. The van der Waals surface area contributed by atoms with E-state index >= 15 is 0 Å². The maximum Gasteiger partial charge on any atom is 0.253 e. The van der Waals surface area contributed by atoms with E-state index in [9.17, 15) is 9.59 Å². The molecule has 6 nitrogen and oxygen atoms in total. The average Bonchev–Trinajstić information content (AvgIpc) is 3.04. The quantitative estimate of drug-likeness (QED) is 0.506. The van der Waals surface area contributed by atoms with Crippen molar-refractivity contribution in [1.29, 1.82) is 0 Å². The van der Waals surface area contributed by atoms with Gasteiger partial charge in [-0.25, -0.2) is 0 Å². The number of anilines is 1. The third kappa shape index (κ3) is 3.62. The van der Waals surface area contributed by atoms with Crippen LogP contribution >= 0.6 is 0 Å². The summed E-state index contributed by atoms with van der Waals surface area (Å²) in [6.45, 7) is 9.66. The van der Waals surface area contributed by atoms with Crippen LogP contribution in [0.3, 0.4) is 0 Å². The van der Waals surface area contributed by atoms with Gasteiger partial charge < -0.3 is 5.32 Å². The largest absolute Gasteiger partial charge is 0.324 e. The smallest absolute Gasteiger partial charge is 0.253 e. The topological polar surface area (TPSA) is 68.9 Å². The molecular weight excluding hydrogens is 400 g/mol. The number of carbonyl (C=O) groups excluding carboxylic acids is 1. The van der Waals surface area contributed by atoms with E-state index < -0.39 is 6.04 Å². The van der Waals surface area contributed by atoms with Gasteiger partial charge in [0.1, 0.15) is 11.7 Å². The van der Waals surface area contributed by atoms with Crippen LogP contribution < -0.4 is 10.9 Å². The molecule has 6 heteroatoms. The van der Waals surface area contributed by atoms with E-state index in [2.05, 4.69) is 10.4 Å². The Morgan fingerprint density at radius 2 is 1.62 bits per heavy atom. The number of benzene rings is 2. The van der Waals surface area contributed by atoms with Gasteiger partial charge in [0, 0.05) is 24.2 Å². The molecule has 164 valence electrons. The molecule has 4 aromatic rings. The minimum Gasteiger partial charge on any atom is -0.324 e. The Hall–Kier alpha value is -3.67. The third-order valence-corrected chi connectivity index (χ3v) is 5.97. The summed E-state index contributed by atoms with van der Waals surface area (Å²) in [5.41, 5.74) is 6.91. The molecule has 1 N–H and O–H groups in total. The van der Waals surface area contributed by atoms with E-state index in [0.717, 1.165) is 44.6 Å². The molecule has 2 aromatic carbocycles. The van der Waals surface area contributed by atoms with Crippen molar-refractivity contribution in [2.45, 2.75) is 40.7 Å². The van der Waals surface area contributed by atoms with Gasteiger partial charge in [-0.15, -0.1) is 0 Å². The maximum atomic E-state index is 13.3. The second-order valence-corrected chi connectivity index (χ2v) is 8.48. The highest BCUT2D eigenvalue weighted by Gasteiger charge is 2.24. The molecule has 0 spiro atoms. The van der Waals surface area contributed by atoms with E-state index in [4.69, 9.17) is 0 Å². The molecule has 0 bridgehead atoms. The predicted molar refractivity (Wildman–Crippen MR) is 129 cm³/mol. The zero-order chi connectivity index (χ0) is 23.2. The summed E-state index contributed by atoms with van der Waals surface area (Å²) >= 11 is 0. The lowest BCUT2D eigenvalue weighted by Gasteiger charge is -2.20. The molecular formula is C26H28N4O2. The van der Waals surface area contributed by atoms with Gasteiger partial charge in [0.25, 0.3) is 5.56 Å². The van der Waals surface area contributed by atoms with Crippen LogP contribution in [0.25, 0.3) is 22.2 Å². The third-order valence-electron chi connectivity index (χ3n) is 5.97. The van der Waals surface area contributed by atoms with Crippen molar-refractivity contribution in [2.75, 3.05) is 5.32 Å². The summed E-state index contributed by atoms with van der Waals surface area (Å²) in [4.78, 5) is 26.6. The summed E-state index contributed by atoms with van der Waals surface area (Å²) in [7, 11) is 1.80. The molecule has 4 rings (SSSR count). The van der Waals surface area contributed by atoms with E-state index in [1.54, 1.807) is 24.7 Å². The van der Waals surface area contributed by atoms with Gasteiger partial charge in [0.2, 0.25) is 5.91 Å². The van der Waals surface area contributed by atoms with Crippen LogP contribution in [0.5, 0.6) is 0 Å². The van der Waals surface area contributed by atoms with Crippen molar-refractivity contribution in [2.24, 2.45) is 7.05 Å². The first kappa shape index (κ1) is 21.6. The van der Waals surface area contributed by atoms with Crippen LogP contribution in [0.4, 0.5) is 5.69 Å². The molecule has 2 aromatic heterocycles. The number of fused-ring (bicyclic) bond motifs is 1. The monoisotopic (exact) mass is 428 g/mol. The Labute approximate surface area is 187 Å². The SMILES string of the molecule is Cc1cc(C)c(NC(=O)C(C)n2c(=O)cc(-c3ccccc3)c3c(C)nn(C)c32)c(C)c1. The standard InChI is InChI=1S/C26H28N4O2/c1-15-12-16(2)24(17(3)13-15)27-25(32)19(5)30-22(31)14-21(20-10-8-7-9-11-20)23-18(4)28-29(6)26(23)30/h7-14,19H,1-6H3,(H,27,32). The Morgan fingerprint density at radius 3 is 2.25 bits per heavy atom. The van der Waals surface area contributed by atoms with Crippen LogP contribution in [-0.4, -0.2) is 20.3 Å². The average molecular weight is 429 g/mol. The minimum absolute atomic E-state index is 0.237. The summed E-state index contributed by atoms with van der Waals surface area (Å²) in [5, 5.41) is 8.48. The molecule has 0 aliphatic heterocycles. The lowest BCUT2D eigenvalue weighted by molar-refractivity contribution is -0.118. The lowest BCUT2D eigenvalue weighted by Crippen LogP contribution is -2.32. The van der Waals surface area contributed by atoms with Crippen molar-refractivity contribution in [3.8, 4) is 11.1 Å². The molecule has 1 amide bonds. The molecule has 1 unspecified atom stereocenters. The molecule has 1 atom stereocenters. The number of rotatable bonds is 4. The van der Waals surface area contributed by atoms with Gasteiger partial charge in [-0.2, -0.15) is 5.10 Å². The maximum absolute atomic E-state index is 13.3. The van der Waals surface area contributed by atoms with Crippen LogP contribution in [0.2, 0.25) is 0 Å². The zero-order valence-corrected chi connectivity index (χ0v) is 19.4. The predicted octanol–water partition coefficient (Wildman–Crippen LogP) is 4.84. The molecule has 0 saturated heterocycles. The fourth-order valence-electron chi connectivity index (χ4n) is 4.55. The highest BCUT2D eigenvalue weighted by Crippen LogP contribution is 2.31. The van der Waals surface area contributed by atoms with Crippen LogP contribution in [0.15, 0.2) is 53.3 Å². The van der Waals surface area contributed by atoms with Gasteiger partial charge >= 0.3 is 0 Å². The number of pyridine rings is 1. The van der Waals surface area contributed by atoms with Crippen molar-refractivity contribution in [3.05, 3.63) is 81.3 Å². The van der Waals surface area contributed by atoms with Crippen molar-refractivity contribution < 1.29 is 4.79 Å². The summed E-state index contributed by atoms with van der Waals surface area (Å²) in [5.74, 6) is -0.241. The second kappa shape index (κ2) is 8.11. The molecule has 32 heavy (non-hydrogen) atoms. The van der Waals surface area contributed by atoms with Gasteiger partial charge in [0.15, 0.2) is 0 Å². The zero-order valence-electron chi connectivity index (χ0n) is 19.4. The van der Waals surface area contributed by atoms with Gasteiger partial charge in [-0.05, 0) is 56.9 Å². The van der Waals surface area contributed by atoms with Crippen LogP contribution in [-0.2, 0) is 11.8 Å². The van der Waals surface area contributed by atoms with E-state index in [-0.39, 0.29) is 11.5 Å². The molecule has 0 fully saturated rings. The molecule has 0 aliphatic rings. The number of amides is 1. The number of hydrogen-bond acceptors (Lipinski definition) is 3. The first-order chi connectivity index (χ1) is 15.2. The number of nitrogens with zero attached hydrogens (tertiary/aromatic N) is 3. The van der Waals surface area contributed by atoms with Crippen LogP contribution in [0.1, 0.15) is 35.3 Å². The number of carbonyl (C=O) groups is 1. The summed E-state index contributed by atoms with van der Waals surface area (Å²) in [6.07, 6.45) is 0. The summed E-state index contributed by atoms with van der Waals surface area (Å²) < 4.78 is 3.22. The molecule has 2 heterocycles. The Balaban J connectivity index is 1.84. The summed E-state index contributed by atoms with van der Waals surface area (Å²) in [6, 6.07) is 14.8. The minimum atomic E-state index is -0.718. The number of nitrogens with one attached hydrogen (secondary N) is 1. The van der Waals surface area contributed by atoms with Crippen molar-refractivity contribution in [1.82, 2.24) is 14.3 Å². The molecule has 0 radical (unpaired) electrons. The van der Waals surface area contributed by atoms with E-state index in [1.807, 2.05) is 70.2 Å². The van der Waals surface area contributed by atoms with Gasteiger partial charge in [-0.3, -0.25) is 18.8 Å². The normalized spacial score (nSPS) is 12.2. The lowest BCUT2D eigenvalue weighted by atomic mass is 10.0. The molecule has 0 aliphatic carbocycles. The number of aromatic nitrogens is 3. The van der Waals surface area contributed by atoms with Gasteiger partial charge in [-0.1, -0.05) is 48.0 Å². The fourth-order valence-corrected chi connectivity index (χ4v) is 4.55. The Kier molecular flexibility index (Phi) is 5.46. The first-order valence-corrected chi connectivity index (χ1v) is 10.7. The first-order valence-electron chi connectivity index (χ1n) is 10.7. The van der Waals surface area contributed by atoms with Gasteiger partial charge in [0.05, 0.1) is 5.69 Å². The second-order valence-electron chi connectivity index (χ2n) is 8.48. The number of hydrogen-bond donors (Lipinski definition) is 1.